The minimum absolute atomic E-state index is 0.0416. The van der Waals surface area contributed by atoms with Gasteiger partial charge in [0.2, 0.25) is 0 Å². The molecule has 0 amide bonds. The lowest BCUT2D eigenvalue weighted by molar-refractivity contribution is 0.0594. The van der Waals surface area contributed by atoms with Gasteiger partial charge in [-0.05, 0) is 13.8 Å². The topological polar surface area (TPSA) is 47.3 Å². The van der Waals surface area contributed by atoms with Gasteiger partial charge in [0.05, 0.1) is 12.1 Å². The predicted molar refractivity (Wildman–Crippen MR) is 42.4 cm³/mol. The van der Waals surface area contributed by atoms with E-state index >= 15 is 0 Å². The second kappa shape index (κ2) is 5.41. The molecule has 0 aliphatic rings. The van der Waals surface area contributed by atoms with E-state index in [1.54, 1.807) is 6.08 Å². The largest absolute Gasteiger partial charge is 0.377 e. The SMILES string of the molecule is C=CC(NN)C(C)OCC. The van der Waals surface area contributed by atoms with E-state index in [0.29, 0.717) is 6.61 Å². The van der Waals surface area contributed by atoms with E-state index in [-0.39, 0.29) is 12.1 Å². The highest BCUT2D eigenvalue weighted by Crippen LogP contribution is 1.97. The van der Waals surface area contributed by atoms with E-state index in [1.165, 1.54) is 0 Å². The Morgan fingerprint density at radius 1 is 1.80 bits per heavy atom. The van der Waals surface area contributed by atoms with Gasteiger partial charge in [-0.15, -0.1) is 6.58 Å². The van der Waals surface area contributed by atoms with Crippen LogP contribution < -0.4 is 11.3 Å². The summed E-state index contributed by atoms with van der Waals surface area (Å²) in [6, 6.07) is 0.0416. The fourth-order valence-corrected chi connectivity index (χ4v) is 0.762. The Balaban J connectivity index is 3.63. The quantitative estimate of drug-likeness (QED) is 0.334. The van der Waals surface area contributed by atoms with E-state index < -0.39 is 0 Å². The van der Waals surface area contributed by atoms with Gasteiger partial charge in [-0.2, -0.15) is 0 Å². The molecule has 0 aromatic rings. The molecule has 2 unspecified atom stereocenters. The maximum atomic E-state index is 5.27. The highest BCUT2D eigenvalue weighted by Gasteiger charge is 2.10. The number of hydrazine groups is 1. The molecule has 3 N–H and O–H groups in total. The summed E-state index contributed by atoms with van der Waals surface area (Å²) in [5.41, 5.74) is 2.59. The maximum Gasteiger partial charge on any atom is 0.0748 e. The minimum atomic E-state index is 0.0416. The molecule has 0 aliphatic heterocycles. The molecule has 0 saturated heterocycles. The zero-order valence-electron chi connectivity index (χ0n) is 6.63. The monoisotopic (exact) mass is 144 g/mol. The number of hydrogen-bond donors (Lipinski definition) is 2. The lowest BCUT2D eigenvalue weighted by Gasteiger charge is -2.18. The predicted octanol–water partition coefficient (Wildman–Crippen LogP) is 0.429. The van der Waals surface area contributed by atoms with Crippen LogP contribution in [0, 0.1) is 0 Å². The first-order valence-corrected chi connectivity index (χ1v) is 3.46. The highest BCUT2D eigenvalue weighted by atomic mass is 16.5. The third-order valence-corrected chi connectivity index (χ3v) is 1.38. The molecule has 0 aromatic carbocycles. The Hall–Kier alpha value is -0.380. The van der Waals surface area contributed by atoms with Crippen molar-refractivity contribution in [3.63, 3.8) is 0 Å². The van der Waals surface area contributed by atoms with Crippen LogP contribution in [0.25, 0.3) is 0 Å². The van der Waals surface area contributed by atoms with Gasteiger partial charge in [-0.25, -0.2) is 0 Å². The summed E-state index contributed by atoms with van der Waals surface area (Å²) in [7, 11) is 0. The van der Waals surface area contributed by atoms with Crippen LogP contribution in [-0.2, 0) is 4.74 Å². The van der Waals surface area contributed by atoms with Crippen molar-refractivity contribution in [2.24, 2.45) is 5.84 Å². The second-order valence-electron chi connectivity index (χ2n) is 2.09. The zero-order valence-corrected chi connectivity index (χ0v) is 6.63. The molecule has 0 heterocycles. The van der Waals surface area contributed by atoms with Gasteiger partial charge < -0.3 is 4.74 Å². The molecule has 0 fully saturated rings. The fraction of sp³-hybridized carbons (Fsp3) is 0.714. The molecule has 10 heavy (non-hydrogen) atoms. The van der Waals surface area contributed by atoms with Crippen molar-refractivity contribution in [2.45, 2.75) is 26.0 Å². The van der Waals surface area contributed by atoms with Gasteiger partial charge in [-0.3, -0.25) is 11.3 Å². The molecule has 0 aliphatic carbocycles. The normalized spacial score (nSPS) is 16.3. The number of ether oxygens (including phenoxy) is 1. The standard InChI is InChI=1S/C7H16N2O/c1-4-7(9-8)6(3)10-5-2/h4,6-7,9H,1,5,8H2,2-3H3. The molecule has 0 aromatic heterocycles. The molecule has 0 spiro atoms. The average molecular weight is 144 g/mol. The Morgan fingerprint density at radius 2 is 2.40 bits per heavy atom. The van der Waals surface area contributed by atoms with Crippen molar-refractivity contribution in [1.29, 1.82) is 0 Å². The third kappa shape index (κ3) is 2.96. The highest BCUT2D eigenvalue weighted by molar-refractivity contribution is 4.88. The van der Waals surface area contributed by atoms with Crippen LogP contribution in [0.3, 0.4) is 0 Å². The van der Waals surface area contributed by atoms with Crippen molar-refractivity contribution in [2.75, 3.05) is 6.61 Å². The minimum Gasteiger partial charge on any atom is -0.377 e. The Bertz CT molecular complexity index is 95.6. The van der Waals surface area contributed by atoms with E-state index in [1.807, 2.05) is 13.8 Å². The second-order valence-corrected chi connectivity index (χ2v) is 2.09. The Morgan fingerprint density at radius 3 is 2.70 bits per heavy atom. The van der Waals surface area contributed by atoms with E-state index in [0.717, 1.165) is 0 Å². The van der Waals surface area contributed by atoms with Crippen LogP contribution in [0.5, 0.6) is 0 Å². The first-order valence-electron chi connectivity index (χ1n) is 3.46. The molecule has 0 saturated carbocycles. The molecule has 3 nitrogen and oxygen atoms in total. The van der Waals surface area contributed by atoms with E-state index in [2.05, 4.69) is 12.0 Å². The summed E-state index contributed by atoms with van der Waals surface area (Å²) in [6.07, 6.45) is 1.83. The summed E-state index contributed by atoms with van der Waals surface area (Å²) in [5.74, 6) is 5.21. The number of hydrogen-bond acceptors (Lipinski definition) is 3. The van der Waals surface area contributed by atoms with Gasteiger partial charge in [0.1, 0.15) is 0 Å². The fourth-order valence-electron chi connectivity index (χ4n) is 0.762. The average Bonchev–Trinajstić information content (AvgIpc) is 1.91. The van der Waals surface area contributed by atoms with Crippen LogP contribution in [0.1, 0.15) is 13.8 Å². The molecular weight excluding hydrogens is 128 g/mol. The van der Waals surface area contributed by atoms with Gasteiger partial charge in [-0.1, -0.05) is 6.08 Å². The smallest absolute Gasteiger partial charge is 0.0748 e. The van der Waals surface area contributed by atoms with Gasteiger partial charge in [0.15, 0.2) is 0 Å². The van der Waals surface area contributed by atoms with Crippen LogP contribution in [-0.4, -0.2) is 18.8 Å². The molecular formula is C7H16N2O. The van der Waals surface area contributed by atoms with Crippen molar-refractivity contribution in [3.8, 4) is 0 Å². The number of rotatable bonds is 5. The summed E-state index contributed by atoms with van der Waals surface area (Å²) in [6.45, 7) is 8.22. The lowest BCUT2D eigenvalue weighted by atomic mass is 10.2. The van der Waals surface area contributed by atoms with Gasteiger partial charge in [0.25, 0.3) is 0 Å². The summed E-state index contributed by atoms with van der Waals surface area (Å²) >= 11 is 0. The van der Waals surface area contributed by atoms with Crippen molar-refractivity contribution < 1.29 is 4.74 Å². The molecule has 0 bridgehead atoms. The third-order valence-electron chi connectivity index (χ3n) is 1.38. The van der Waals surface area contributed by atoms with E-state index in [4.69, 9.17) is 10.6 Å². The van der Waals surface area contributed by atoms with Crippen LogP contribution in [0.2, 0.25) is 0 Å². The van der Waals surface area contributed by atoms with Crippen molar-refractivity contribution in [1.82, 2.24) is 5.43 Å². The first-order chi connectivity index (χ1) is 4.76. The Kier molecular flexibility index (Phi) is 5.20. The molecule has 0 radical (unpaired) electrons. The van der Waals surface area contributed by atoms with Gasteiger partial charge >= 0.3 is 0 Å². The van der Waals surface area contributed by atoms with Crippen LogP contribution in [0.4, 0.5) is 0 Å². The molecule has 2 atom stereocenters. The summed E-state index contributed by atoms with van der Waals surface area (Å²) < 4.78 is 5.27. The maximum absolute atomic E-state index is 5.27. The van der Waals surface area contributed by atoms with Gasteiger partial charge in [0, 0.05) is 6.61 Å². The lowest BCUT2D eigenvalue weighted by Crippen LogP contribution is -2.42. The molecule has 3 heteroatoms. The van der Waals surface area contributed by atoms with Crippen molar-refractivity contribution >= 4 is 0 Å². The molecule has 0 rings (SSSR count). The van der Waals surface area contributed by atoms with E-state index in [9.17, 15) is 0 Å². The van der Waals surface area contributed by atoms with Crippen LogP contribution in [0.15, 0.2) is 12.7 Å². The summed E-state index contributed by atoms with van der Waals surface area (Å²) in [5, 5.41) is 0. The number of nitrogens with one attached hydrogen (secondary N) is 1. The first kappa shape index (κ1) is 9.62. The zero-order chi connectivity index (χ0) is 7.98. The summed E-state index contributed by atoms with van der Waals surface area (Å²) in [4.78, 5) is 0. The van der Waals surface area contributed by atoms with Crippen LogP contribution >= 0.6 is 0 Å². The Labute approximate surface area is 62.2 Å². The number of nitrogens with two attached hydrogens (primary N) is 1. The molecule has 60 valence electrons. The van der Waals surface area contributed by atoms with Crippen molar-refractivity contribution in [3.05, 3.63) is 12.7 Å².